The van der Waals surface area contributed by atoms with E-state index in [-0.39, 0.29) is 18.1 Å². The molecule has 3 N–H and O–H groups in total. The Hall–Kier alpha value is -1.14. The fourth-order valence-electron chi connectivity index (χ4n) is 2.28. The van der Waals surface area contributed by atoms with Gasteiger partial charge in [0.05, 0.1) is 18.2 Å². The number of halogens is 1. The molecule has 3 unspecified atom stereocenters. The quantitative estimate of drug-likeness (QED) is 0.754. The third kappa shape index (κ3) is 3.93. The molecule has 0 radical (unpaired) electrons. The number of aliphatic hydroxyl groups excluding tert-OH is 1. The second-order valence-corrected chi connectivity index (χ2v) is 5.31. The monoisotopic (exact) mass is 298 g/mol. The number of hydrogen-bond donors (Lipinski definition) is 3. The van der Waals surface area contributed by atoms with Crippen molar-refractivity contribution < 1.29 is 14.6 Å². The summed E-state index contributed by atoms with van der Waals surface area (Å²) in [6, 6.07) is 7.03. The van der Waals surface area contributed by atoms with Crippen molar-refractivity contribution in [2.45, 2.75) is 24.7 Å². The first-order chi connectivity index (χ1) is 9.60. The molecule has 0 spiro atoms. The number of carbonyl (C=O) groups is 1. The maximum atomic E-state index is 11.9. The van der Waals surface area contributed by atoms with E-state index in [4.69, 9.17) is 16.3 Å². The van der Waals surface area contributed by atoms with E-state index >= 15 is 0 Å². The molecule has 1 aliphatic rings. The maximum Gasteiger partial charge on any atom is 0.237 e. The zero-order valence-corrected chi connectivity index (χ0v) is 12.1. The lowest BCUT2D eigenvalue weighted by molar-refractivity contribution is -0.123. The highest BCUT2D eigenvalue weighted by molar-refractivity contribution is 6.30. The smallest absolute Gasteiger partial charge is 0.237 e. The van der Waals surface area contributed by atoms with E-state index in [1.54, 1.807) is 13.2 Å². The highest BCUT2D eigenvalue weighted by atomic mass is 35.5. The molecule has 1 heterocycles. The number of aliphatic hydroxyl groups is 1. The largest absolute Gasteiger partial charge is 0.392 e. The number of rotatable bonds is 5. The van der Waals surface area contributed by atoms with Gasteiger partial charge in [0.15, 0.2) is 0 Å². The highest BCUT2D eigenvalue weighted by Gasteiger charge is 2.28. The van der Waals surface area contributed by atoms with Gasteiger partial charge in [-0.2, -0.15) is 0 Å². The lowest BCUT2D eigenvalue weighted by Gasteiger charge is -2.18. The number of benzene rings is 1. The average Bonchev–Trinajstić information content (AvgIpc) is 2.86. The SMILES string of the molecule is COC(CNC(=O)C1CC(O)CN1)c1cccc(Cl)c1. The van der Waals surface area contributed by atoms with Crippen molar-refractivity contribution in [2.75, 3.05) is 20.2 Å². The molecule has 0 saturated carbocycles. The van der Waals surface area contributed by atoms with Gasteiger partial charge in [0.1, 0.15) is 0 Å². The van der Waals surface area contributed by atoms with E-state index in [1.807, 2.05) is 18.2 Å². The van der Waals surface area contributed by atoms with E-state index in [1.165, 1.54) is 0 Å². The Balaban J connectivity index is 1.89. The van der Waals surface area contributed by atoms with Crippen LogP contribution in [0.5, 0.6) is 0 Å². The molecule has 1 fully saturated rings. The van der Waals surface area contributed by atoms with Gasteiger partial charge in [-0.3, -0.25) is 4.79 Å². The minimum absolute atomic E-state index is 0.120. The Morgan fingerprint density at radius 1 is 1.65 bits per heavy atom. The number of carbonyl (C=O) groups excluding carboxylic acids is 1. The van der Waals surface area contributed by atoms with Crippen molar-refractivity contribution >= 4 is 17.5 Å². The molecular weight excluding hydrogens is 280 g/mol. The molecular formula is C14H19ClN2O3. The lowest BCUT2D eigenvalue weighted by atomic mass is 10.1. The van der Waals surface area contributed by atoms with Crippen LogP contribution in [0.2, 0.25) is 5.02 Å². The van der Waals surface area contributed by atoms with Crippen LogP contribution in [-0.2, 0) is 9.53 Å². The molecule has 6 heteroatoms. The van der Waals surface area contributed by atoms with Gasteiger partial charge < -0.3 is 20.5 Å². The normalized spacial score (nSPS) is 23.6. The third-order valence-corrected chi connectivity index (χ3v) is 3.63. The number of amides is 1. The van der Waals surface area contributed by atoms with Gasteiger partial charge >= 0.3 is 0 Å². The Bertz CT molecular complexity index is 469. The van der Waals surface area contributed by atoms with Crippen molar-refractivity contribution in [3.05, 3.63) is 34.9 Å². The number of methoxy groups -OCH3 is 1. The minimum Gasteiger partial charge on any atom is -0.392 e. The van der Waals surface area contributed by atoms with Gasteiger partial charge in [-0.25, -0.2) is 0 Å². The summed E-state index contributed by atoms with van der Waals surface area (Å²) in [6.07, 6.45) is -0.249. The van der Waals surface area contributed by atoms with Crippen LogP contribution >= 0.6 is 11.6 Å². The third-order valence-electron chi connectivity index (χ3n) is 3.39. The molecule has 2 rings (SSSR count). The van der Waals surface area contributed by atoms with Gasteiger partial charge in [-0.15, -0.1) is 0 Å². The summed E-state index contributed by atoms with van der Waals surface area (Å²) in [5.41, 5.74) is 0.916. The van der Waals surface area contributed by atoms with Crippen LogP contribution in [0, 0.1) is 0 Å². The van der Waals surface area contributed by atoms with E-state index < -0.39 is 6.10 Å². The molecule has 110 valence electrons. The Morgan fingerprint density at radius 3 is 3.05 bits per heavy atom. The van der Waals surface area contributed by atoms with E-state index in [0.717, 1.165) is 5.56 Å². The molecule has 3 atom stereocenters. The first-order valence-electron chi connectivity index (χ1n) is 6.57. The van der Waals surface area contributed by atoms with Gasteiger partial charge in [-0.1, -0.05) is 23.7 Å². The van der Waals surface area contributed by atoms with Crippen LogP contribution in [0.15, 0.2) is 24.3 Å². The van der Waals surface area contributed by atoms with Crippen molar-refractivity contribution in [3.63, 3.8) is 0 Å². The molecule has 1 aliphatic heterocycles. The number of hydrogen-bond acceptors (Lipinski definition) is 4. The maximum absolute atomic E-state index is 11.9. The molecule has 1 aromatic carbocycles. The Kier molecular flexibility index (Phi) is 5.37. The van der Waals surface area contributed by atoms with E-state index in [9.17, 15) is 9.90 Å². The summed E-state index contributed by atoms with van der Waals surface area (Å²) in [7, 11) is 1.59. The lowest BCUT2D eigenvalue weighted by Crippen LogP contribution is -2.42. The second-order valence-electron chi connectivity index (χ2n) is 4.87. The van der Waals surface area contributed by atoms with E-state index in [0.29, 0.717) is 24.5 Å². The average molecular weight is 299 g/mol. The van der Waals surface area contributed by atoms with Crippen molar-refractivity contribution in [3.8, 4) is 0 Å². The predicted octanol–water partition coefficient (Wildman–Crippen LogP) is 0.867. The predicted molar refractivity (Wildman–Crippen MR) is 76.6 cm³/mol. The first kappa shape index (κ1) is 15.3. The van der Waals surface area contributed by atoms with Crippen LogP contribution in [0.25, 0.3) is 0 Å². The molecule has 20 heavy (non-hydrogen) atoms. The summed E-state index contributed by atoms with van der Waals surface area (Å²) in [5.74, 6) is -0.120. The molecule has 1 aromatic rings. The van der Waals surface area contributed by atoms with E-state index in [2.05, 4.69) is 10.6 Å². The second kappa shape index (κ2) is 7.04. The number of ether oxygens (including phenoxy) is 1. The molecule has 1 saturated heterocycles. The van der Waals surface area contributed by atoms with Gasteiger partial charge in [-0.05, 0) is 24.1 Å². The zero-order valence-electron chi connectivity index (χ0n) is 11.3. The zero-order chi connectivity index (χ0) is 14.5. The molecule has 1 amide bonds. The summed E-state index contributed by atoms with van der Waals surface area (Å²) in [6.45, 7) is 0.823. The van der Waals surface area contributed by atoms with Crippen LogP contribution in [0.1, 0.15) is 18.1 Å². The van der Waals surface area contributed by atoms with Gasteiger partial charge in [0, 0.05) is 25.2 Å². The van der Waals surface area contributed by atoms with Gasteiger partial charge in [0.2, 0.25) is 5.91 Å². The summed E-state index contributed by atoms with van der Waals surface area (Å²) in [5, 5.41) is 15.8. The first-order valence-corrected chi connectivity index (χ1v) is 6.95. The van der Waals surface area contributed by atoms with Crippen LogP contribution < -0.4 is 10.6 Å². The minimum atomic E-state index is -0.447. The Morgan fingerprint density at radius 2 is 2.45 bits per heavy atom. The molecule has 0 bridgehead atoms. The van der Waals surface area contributed by atoms with Gasteiger partial charge in [0.25, 0.3) is 0 Å². The van der Waals surface area contributed by atoms with Crippen molar-refractivity contribution in [1.29, 1.82) is 0 Å². The number of β-amino-alcohol motifs (C(OH)–C–C–N with tert-alkyl or cyclic N) is 1. The fourth-order valence-corrected chi connectivity index (χ4v) is 2.48. The molecule has 5 nitrogen and oxygen atoms in total. The van der Waals surface area contributed by atoms with Crippen LogP contribution in [-0.4, -0.2) is 43.4 Å². The van der Waals surface area contributed by atoms with Crippen molar-refractivity contribution in [2.24, 2.45) is 0 Å². The number of nitrogens with one attached hydrogen (secondary N) is 2. The summed E-state index contributed by atoms with van der Waals surface area (Å²) in [4.78, 5) is 11.9. The fraction of sp³-hybridized carbons (Fsp3) is 0.500. The molecule has 0 aromatic heterocycles. The Labute approximate surface area is 123 Å². The summed E-state index contributed by atoms with van der Waals surface area (Å²) < 4.78 is 5.38. The summed E-state index contributed by atoms with van der Waals surface area (Å²) >= 11 is 5.95. The van der Waals surface area contributed by atoms with Crippen LogP contribution in [0.3, 0.4) is 0 Å². The van der Waals surface area contributed by atoms with Crippen molar-refractivity contribution in [1.82, 2.24) is 10.6 Å². The molecule has 0 aliphatic carbocycles. The standard InChI is InChI=1S/C14H19ClN2O3/c1-20-13(9-3-2-4-10(15)5-9)8-17-14(19)12-6-11(18)7-16-12/h2-5,11-13,16,18H,6-8H2,1H3,(H,17,19). The highest BCUT2D eigenvalue weighted by Crippen LogP contribution is 2.19. The van der Waals surface area contributed by atoms with Crippen LogP contribution in [0.4, 0.5) is 0 Å². The topological polar surface area (TPSA) is 70.6 Å².